The number of anilines is 2. The first-order valence-electron chi connectivity index (χ1n) is 8.81. The summed E-state index contributed by atoms with van der Waals surface area (Å²) < 4.78 is 42.9. The summed E-state index contributed by atoms with van der Waals surface area (Å²) in [5.41, 5.74) is -0.487. The molecule has 0 aliphatic rings. The number of hydrogen-bond donors (Lipinski definition) is 3. The van der Waals surface area contributed by atoms with Gasteiger partial charge in [0.25, 0.3) is 11.8 Å². The second-order valence-corrected chi connectivity index (χ2v) is 6.27. The van der Waals surface area contributed by atoms with Crippen LogP contribution in [-0.4, -0.2) is 29.0 Å². The number of methoxy groups -OCH3 is 1. The molecule has 3 rings (SSSR count). The topological polar surface area (TPSA) is 101 Å². The van der Waals surface area contributed by atoms with Gasteiger partial charge in [0, 0.05) is 29.2 Å². The van der Waals surface area contributed by atoms with Gasteiger partial charge in [-0.25, -0.2) is 4.98 Å². The van der Waals surface area contributed by atoms with E-state index in [0.717, 1.165) is 24.3 Å². The molecular formula is C21H16F3N3O4. The molecule has 0 saturated carbocycles. The first-order chi connectivity index (χ1) is 14.7. The molecule has 10 heteroatoms. The first kappa shape index (κ1) is 21.6. The first-order valence-corrected chi connectivity index (χ1v) is 8.81. The van der Waals surface area contributed by atoms with Crippen LogP contribution in [0.2, 0.25) is 0 Å². The van der Waals surface area contributed by atoms with Gasteiger partial charge in [-0.3, -0.25) is 9.59 Å². The number of aromatic hydroxyl groups is 1. The van der Waals surface area contributed by atoms with Crippen LogP contribution >= 0.6 is 0 Å². The molecule has 0 unspecified atom stereocenters. The van der Waals surface area contributed by atoms with Crippen LogP contribution in [-0.2, 0) is 6.18 Å². The van der Waals surface area contributed by atoms with Crippen LogP contribution in [0.5, 0.6) is 11.5 Å². The van der Waals surface area contributed by atoms with Crippen molar-refractivity contribution in [3.05, 3.63) is 77.6 Å². The molecule has 2 aromatic carbocycles. The molecule has 0 atom stereocenters. The van der Waals surface area contributed by atoms with E-state index in [2.05, 4.69) is 15.6 Å². The van der Waals surface area contributed by atoms with Crippen molar-refractivity contribution in [2.75, 3.05) is 17.7 Å². The molecule has 160 valence electrons. The number of pyridine rings is 1. The predicted octanol–water partition coefficient (Wildman–Crippen LogP) is 4.32. The summed E-state index contributed by atoms with van der Waals surface area (Å²) in [6.45, 7) is 0. The lowest BCUT2D eigenvalue weighted by molar-refractivity contribution is -0.137. The van der Waals surface area contributed by atoms with E-state index in [4.69, 9.17) is 4.74 Å². The van der Waals surface area contributed by atoms with E-state index >= 15 is 0 Å². The van der Waals surface area contributed by atoms with Crippen LogP contribution in [0.4, 0.5) is 24.5 Å². The lowest BCUT2D eigenvalue weighted by Gasteiger charge is -2.11. The van der Waals surface area contributed by atoms with Crippen molar-refractivity contribution in [1.29, 1.82) is 0 Å². The van der Waals surface area contributed by atoms with Gasteiger partial charge in [0.1, 0.15) is 0 Å². The molecule has 0 bridgehead atoms. The quantitative estimate of drug-likeness (QED) is 0.559. The van der Waals surface area contributed by atoms with Crippen LogP contribution in [0.3, 0.4) is 0 Å². The highest BCUT2D eigenvalue weighted by atomic mass is 19.4. The fourth-order valence-corrected chi connectivity index (χ4v) is 2.65. The molecular weight excluding hydrogens is 415 g/mol. The van der Waals surface area contributed by atoms with Crippen LogP contribution < -0.4 is 15.4 Å². The number of amides is 2. The number of carbonyl (C=O) groups excluding carboxylic acids is 2. The largest absolute Gasteiger partial charge is 0.503 e. The predicted molar refractivity (Wildman–Crippen MR) is 106 cm³/mol. The minimum absolute atomic E-state index is 0.0351. The molecule has 7 nitrogen and oxygen atoms in total. The van der Waals surface area contributed by atoms with Gasteiger partial charge < -0.3 is 20.5 Å². The number of aromatic nitrogens is 1. The van der Waals surface area contributed by atoms with Gasteiger partial charge in [-0.1, -0.05) is 6.07 Å². The summed E-state index contributed by atoms with van der Waals surface area (Å²) in [7, 11) is 1.33. The van der Waals surface area contributed by atoms with Gasteiger partial charge in [-0.2, -0.15) is 13.2 Å². The molecule has 3 N–H and O–H groups in total. The van der Waals surface area contributed by atoms with E-state index in [9.17, 15) is 27.9 Å². The maximum Gasteiger partial charge on any atom is 0.416 e. The zero-order valence-electron chi connectivity index (χ0n) is 16.0. The Morgan fingerprint density at radius 3 is 2.16 bits per heavy atom. The fourth-order valence-electron chi connectivity index (χ4n) is 2.65. The van der Waals surface area contributed by atoms with Gasteiger partial charge in [0.2, 0.25) is 0 Å². The second-order valence-electron chi connectivity index (χ2n) is 6.27. The summed E-state index contributed by atoms with van der Waals surface area (Å²) in [6.07, 6.45) is -3.19. The summed E-state index contributed by atoms with van der Waals surface area (Å²) in [5, 5.41) is 15.1. The van der Waals surface area contributed by atoms with E-state index in [-0.39, 0.29) is 17.0 Å². The van der Waals surface area contributed by atoms with Crippen LogP contribution in [0.15, 0.2) is 60.8 Å². The second kappa shape index (κ2) is 8.74. The Morgan fingerprint density at radius 1 is 0.968 bits per heavy atom. The van der Waals surface area contributed by atoms with Crippen LogP contribution in [0.1, 0.15) is 26.4 Å². The molecule has 31 heavy (non-hydrogen) atoms. The molecule has 0 saturated heterocycles. The van der Waals surface area contributed by atoms with Crippen molar-refractivity contribution >= 4 is 23.2 Å². The number of nitrogens with zero attached hydrogens (tertiary/aromatic N) is 1. The Kier molecular flexibility index (Phi) is 6.10. The lowest BCUT2D eigenvalue weighted by Crippen LogP contribution is -2.15. The van der Waals surface area contributed by atoms with Gasteiger partial charge in [0.15, 0.2) is 17.2 Å². The molecule has 3 aromatic rings. The minimum atomic E-state index is -4.49. The highest BCUT2D eigenvalue weighted by molar-refractivity contribution is 6.06. The van der Waals surface area contributed by atoms with Crippen molar-refractivity contribution in [1.82, 2.24) is 4.98 Å². The third kappa shape index (κ3) is 5.10. The van der Waals surface area contributed by atoms with Gasteiger partial charge in [0.05, 0.1) is 12.7 Å². The standard InChI is InChI=1S/C21H16F3N3O4/c1-31-16-9-10-25-17(18(16)28)20(30)27-15-4-2-3-14(11-15)26-19(29)12-5-7-13(8-6-12)21(22,23)24/h2-11,28H,1H3,(H,26,29)(H,27,30). The Morgan fingerprint density at radius 2 is 1.58 bits per heavy atom. The van der Waals surface area contributed by atoms with Crippen LogP contribution in [0, 0.1) is 0 Å². The average molecular weight is 431 g/mol. The molecule has 0 radical (unpaired) electrons. The maximum atomic E-state index is 12.6. The minimum Gasteiger partial charge on any atom is -0.503 e. The van der Waals surface area contributed by atoms with Crippen molar-refractivity contribution in [3.63, 3.8) is 0 Å². The summed E-state index contributed by atoms with van der Waals surface area (Å²) >= 11 is 0. The number of carbonyl (C=O) groups is 2. The third-order valence-electron chi connectivity index (χ3n) is 4.17. The Hall–Kier alpha value is -4.08. The molecule has 0 fully saturated rings. The van der Waals surface area contributed by atoms with Crippen molar-refractivity contribution < 1.29 is 32.6 Å². The molecule has 0 aliphatic heterocycles. The highest BCUT2D eigenvalue weighted by Crippen LogP contribution is 2.30. The normalized spacial score (nSPS) is 11.0. The highest BCUT2D eigenvalue weighted by Gasteiger charge is 2.30. The Labute approximate surface area is 174 Å². The van der Waals surface area contributed by atoms with Gasteiger partial charge >= 0.3 is 6.18 Å². The van der Waals surface area contributed by atoms with E-state index in [1.54, 1.807) is 18.2 Å². The molecule has 1 aromatic heterocycles. The van der Waals surface area contributed by atoms with E-state index in [1.807, 2.05) is 0 Å². The average Bonchev–Trinajstić information content (AvgIpc) is 2.73. The fraction of sp³-hybridized carbons (Fsp3) is 0.0952. The number of alkyl halides is 3. The molecule has 1 heterocycles. The summed E-state index contributed by atoms with van der Waals surface area (Å²) in [5.74, 6) is -1.67. The van der Waals surface area contributed by atoms with Gasteiger partial charge in [-0.05, 0) is 42.5 Å². The molecule has 0 aliphatic carbocycles. The summed E-state index contributed by atoms with van der Waals surface area (Å²) in [4.78, 5) is 28.5. The van der Waals surface area contributed by atoms with Crippen molar-refractivity contribution in [3.8, 4) is 11.5 Å². The van der Waals surface area contributed by atoms with Crippen molar-refractivity contribution in [2.24, 2.45) is 0 Å². The number of rotatable bonds is 5. The number of benzene rings is 2. The molecule has 2 amide bonds. The number of nitrogens with one attached hydrogen (secondary N) is 2. The number of hydrogen-bond acceptors (Lipinski definition) is 5. The van der Waals surface area contributed by atoms with Crippen LogP contribution in [0.25, 0.3) is 0 Å². The number of ether oxygens (including phenoxy) is 1. The lowest BCUT2D eigenvalue weighted by atomic mass is 10.1. The molecule has 0 spiro atoms. The van der Waals surface area contributed by atoms with E-state index in [1.165, 1.54) is 25.4 Å². The zero-order valence-corrected chi connectivity index (χ0v) is 16.0. The van der Waals surface area contributed by atoms with Gasteiger partial charge in [-0.15, -0.1) is 0 Å². The van der Waals surface area contributed by atoms with E-state index < -0.39 is 29.3 Å². The monoisotopic (exact) mass is 431 g/mol. The van der Waals surface area contributed by atoms with E-state index in [0.29, 0.717) is 11.4 Å². The smallest absolute Gasteiger partial charge is 0.416 e. The zero-order chi connectivity index (χ0) is 22.6. The Bertz CT molecular complexity index is 1120. The maximum absolute atomic E-state index is 12.6. The SMILES string of the molecule is COc1ccnc(C(=O)Nc2cccc(NC(=O)c3ccc(C(F)(F)F)cc3)c2)c1O. The summed E-state index contributed by atoms with van der Waals surface area (Å²) in [6, 6.07) is 11.2. The number of halogens is 3. The third-order valence-corrected chi connectivity index (χ3v) is 4.17. The van der Waals surface area contributed by atoms with Crippen molar-refractivity contribution in [2.45, 2.75) is 6.18 Å². The Balaban J connectivity index is 1.72.